The maximum atomic E-state index is 12.6. The van der Waals surface area contributed by atoms with Crippen LogP contribution in [0.15, 0.2) is 0 Å². The molecule has 51 heavy (non-hydrogen) atoms. The zero-order valence-corrected chi connectivity index (χ0v) is 34.6. The smallest absolute Gasteiger partial charge is 0.306 e. The molecule has 0 saturated carbocycles. The molecular weight excluding hydrogens is 636 g/mol. The summed E-state index contributed by atoms with van der Waals surface area (Å²) in [7, 11) is 0. The first kappa shape index (κ1) is 49.4. The van der Waals surface area contributed by atoms with Gasteiger partial charge >= 0.3 is 17.9 Å². The van der Waals surface area contributed by atoms with Gasteiger partial charge < -0.3 is 14.2 Å². The van der Waals surface area contributed by atoms with Crippen LogP contribution in [-0.4, -0.2) is 37.2 Å². The first-order chi connectivity index (χ1) is 24.9. The molecule has 0 aliphatic carbocycles. The van der Waals surface area contributed by atoms with Gasteiger partial charge in [0.05, 0.1) is 0 Å². The lowest BCUT2D eigenvalue weighted by Crippen LogP contribution is -2.30. The standard InChI is InChI=1S/C45H86O6/c1-5-7-9-11-13-14-15-18-21-25-28-32-36-43(46)49-39-42(51-45(48)38-34-30-23-12-10-8-6-2)40-50-44(47)37-33-29-26-22-19-16-17-20-24-27-31-35-41(3)4/h41-42H,5-40H2,1-4H3/t42-/m0/s1. The molecule has 302 valence electrons. The minimum absolute atomic E-state index is 0.0644. The molecule has 0 aromatic rings. The van der Waals surface area contributed by atoms with E-state index in [1.807, 2.05) is 0 Å². The fourth-order valence-electron chi connectivity index (χ4n) is 6.63. The Morgan fingerprint density at radius 2 is 0.647 bits per heavy atom. The summed E-state index contributed by atoms with van der Waals surface area (Å²) in [6.45, 7) is 8.95. The predicted molar refractivity (Wildman–Crippen MR) is 215 cm³/mol. The van der Waals surface area contributed by atoms with Crippen molar-refractivity contribution in [3.63, 3.8) is 0 Å². The van der Waals surface area contributed by atoms with E-state index < -0.39 is 6.10 Å². The molecule has 0 spiro atoms. The van der Waals surface area contributed by atoms with E-state index in [0.717, 1.165) is 63.7 Å². The molecule has 0 radical (unpaired) electrons. The van der Waals surface area contributed by atoms with E-state index in [9.17, 15) is 14.4 Å². The number of carbonyl (C=O) groups is 3. The van der Waals surface area contributed by atoms with Crippen LogP contribution in [0.1, 0.15) is 246 Å². The van der Waals surface area contributed by atoms with Crippen LogP contribution in [0, 0.1) is 5.92 Å². The molecule has 6 heteroatoms. The average molecular weight is 723 g/mol. The van der Waals surface area contributed by atoms with Gasteiger partial charge in [-0.2, -0.15) is 0 Å². The second kappa shape index (κ2) is 39.6. The Hall–Kier alpha value is -1.59. The molecule has 0 unspecified atom stereocenters. The Balaban J connectivity index is 4.24. The molecular formula is C45H86O6. The first-order valence-corrected chi connectivity index (χ1v) is 22.4. The summed E-state index contributed by atoms with van der Waals surface area (Å²) in [6, 6.07) is 0. The zero-order valence-electron chi connectivity index (χ0n) is 34.6. The Labute approximate surface area is 317 Å². The highest BCUT2D eigenvalue weighted by molar-refractivity contribution is 5.71. The molecule has 0 fully saturated rings. The van der Waals surface area contributed by atoms with E-state index >= 15 is 0 Å². The summed E-state index contributed by atoms with van der Waals surface area (Å²) in [4.78, 5) is 37.5. The van der Waals surface area contributed by atoms with Gasteiger partial charge in [0.25, 0.3) is 0 Å². The van der Waals surface area contributed by atoms with Crippen molar-refractivity contribution in [1.82, 2.24) is 0 Å². The maximum absolute atomic E-state index is 12.6. The number of unbranched alkanes of at least 4 members (excludes halogenated alkanes) is 27. The molecule has 0 aromatic heterocycles. The lowest BCUT2D eigenvalue weighted by Gasteiger charge is -2.18. The molecule has 0 saturated heterocycles. The molecule has 0 aromatic carbocycles. The van der Waals surface area contributed by atoms with E-state index in [1.54, 1.807) is 0 Å². The summed E-state index contributed by atoms with van der Waals surface area (Å²) in [5.41, 5.74) is 0. The van der Waals surface area contributed by atoms with E-state index in [4.69, 9.17) is 14.2 Å². The van der Waals surface area contributed by atoms with Crippen molar-refractivity contribution in [3.05, 3.63) is 0 Å². The van der Waals surface area contributed by atoms with E-state index in [-0.39, 0.29) is 31.1 Å². The second-order valence-corrected chi connectivity index (χ2v) is 15.8. The lowest BCUT2D eigenvalue weighted by atomic mass is 10.0. The number of ether oxygens (including phenoxy) is 3. The highest BCUT2D eigenvalue weighted by atomic mass is 16.6. The van der Waals surface area contributed by atoms with Gasteiger partial charge in [0.2, 0.25) is 0 Å². The number of carbonyl (C=O) groups excluding carboxylic acids is 3. The van der Waals surface area contributed by atoms with Gasteiger partial charge in [-0.1, -0.05) is 207 Å². The summed E-state index contributed by atoms with van der Waals surface area (Å²) in [6.07, 6.45) is 38.1. The van der Waals surface area contributed by atoms with Gasteiger partial charge in [-0.05, 0) is 25.2 Å². The fraction of sp³-hybridized carbons (Fsp3) is 0.933. The van der Waals surface area contributed by atoms with Crippen LogP contribution >= 0.6 is 0 Å². The van der Waals surface area contributed by atoms with Crippen molar-refractivity contribution in [2.45, 2.75) is 252 Å². The minimum atomic E-state index is -0.757. The van der Waals surface area contributed by atoms with E-state index in [0.29, 0.717) is 19.3 Å². The van der Waals surface area contributed by atoms with Crippen molar-refractivity contribution in [2.75, 3.05) is 13.2 Å². The minimum Gasteiger partial charge on any atom is -0.462 e. The van der Waals surface area contributed by atoms with E-state index in [2.05, 4.69) is 27.7 Å². The summed E-state index contributed by atoms with van der Waals surface area (Å²) in [5.74, 6) is -0.0350. The molecule has 0 heterocycles. The quantitative estimate of drug-likeness (QED) is 0.0356. The van der Waals surface area contributed by atoms with Crippen molar-refractivity contribution in [3.8, 4) is 0 Å². The van der Waals surface area contributed by atoms with Crippen LogP contribution in [0.5, 0.6) is 0 Å². The van der Waals surface area contributed by atoms with Gasteiger partial charge in [0, 0.05) is 19.3 Å². The van der Waals surface area contributed by atoms with Crippen molar-refractivity contribution in [2.24, 2.45) is 5.92 Å². The van der Waals surface area contributed by atoms with Gasteiger partial charge in [-0.25, -0.2) is 0 Å². The van der Waals surface area contributed by atoms with Crippen LogP contribution in [0.4, 0.5) is 0 Å². The Morgan fingerprint density at radius 1 is 0.373 bits per heavy atom. The highest BCUT2D eigenvalue weighted by Crippen LogP contribution is 2.16. The fourth-order valence-corrected chi connectivity index (χ4v) is 6.63. The van der Waals surface area contributed by atoms with Gasteiger partial charge in [-0.15, -0.1) is 0 Å². The van der Waals surface area contributed by atoms with Gasteiger partial charge in [-0.3, -0.25) is 14.4 Å². The summed E-state index contributed by atoms with van der Waals surface area (Å²) < 4.78 is 16.6. The van der Waals surface area contributed by atoms with Crippen LogP contribution in [-0.2, 0) is 28.6 Å². The molecule has 1 atom stereocenters. The van der Waals surface area contributed by atoms with Crippen LogP contribution in [0.3, 0.4) is 0 Å². The van der Waals surface area contributed by atoms with Crippen molar-refractivity contribution < 1.29 is 28.6 Å². The van der Waals surface area contributed by atoms with Crippen molar-refractivity contribution >= 4 is 17.9 Å². The molecule has 0 N–H and O–H groups in total. The third kappa shape index (κ3) is 39.5. The SMILES string of the molecule is CCCCCCCCCCCCCCC(=O)OC[C@@H](COC(=O)CCCCCCCCCCCCCC(C)C)OC(=O)CCCCCCCCC. The van der Waals surface area contributed by atoms with Crippen LogP contribution in [0.2, 0.25) is 0 Å². The highest BCUT2D eigenvalue weighted by Gasteiger charge is 2.19. The largest absolute Gasteiger partial charge is 0.462 e. The Bertz CT molecular complexity index is 766. The monoisotopic (exact) mass is 723 g/mol. The number of hydrogen-bond donors (Lipinski definition) is 0. The zero-order chi connectivity index (χ0) is 37.5. The normalized spacial score (nSPS) is 11.9. The summed E-state index contributed by atoms with van der Waals surface area (Å²) >= 11 is 0. The van der Waals surface area contributed by atoms with Crippen LogP contribution < -0.4 is 0 Å². The van der Waals surface area contributed by atoms with Gasteiger partial charge in [0.1, 0.15) is 13.2 Å². The molecule has 0 aliphatic rings. The average Bonchev–Trinajstić information content (AvgIpc) is 3.11. The maximum Gasteiger partial charge on any atom is 0.306 e. The molecule has 0 amide bonds. The van der Waals surface area contributed by atoms with E-state index in [1.165, 1.54) is 141 Å². The number of esters is 3. The Morgan fingerprint density at radius 3 is 0.961 bits per heavy atom. The third-order valence-electron chi connectivity index (χ3n) is 10.0. The van der Waals surface area contributed by atoms with Crippen molar-refractivity contribution in [1.29, 1.82) is 0 Å². The van der Waals surface area contributed by atoms with Gasteiger partial charge in [0.15, 0.2) is 6.10 Å². The number of hydrogen-bond acceptors (Lipinski definition) is 6. The second-order valence-electron chi connectivity index (χ2n) is 15.8. The predicted octanol–water partition coefficient (Wildman–Crippen LogP) is 13.9. The third-order valence-corrected chi connectivity index (χ3v) is 10.0. The number of rotatable bonds is 40. The summed E-state index contributed by atoms with van der Waals surface area (Å²) in [5, 5.41) is 0. The molecule has 0 aliphatic heterocycles. The topological polar surface area (TPSA) is 78.9 Å². The lowest BCUT2D eigenvalue weighted by molar-refractivity contribution is -0.167. The molecule has 0 rings (SSSR count). The Kier molecular flexibility index (Phi) is 38.4. The molecule has 6 nitrogen and oxygen atoms in total. The first-order valence-electron chi connectivity index (χ1n) is 22.4. The molecule has 0 bridgehead atoms. The van der Waals surface area contributed by atoms with Crippen LogP contribution in [0.25, 0.3) is 0 Å².